The van der Waals surface area contributed by atoms with E-state index in [1.807, 2.05) is 13.0 Å². The highest BCUT2D eigenvalue weighted by molar-refractivity contribution is 5.82. The highest BCUT2D eigenvalue weighted by atomic mass is 16.3. The fraction of sp³-hybridized carbons (Fsp3) is 0.308. The molecule has 1 saturated carbocycles. The number of aryl methyl sites for hydroxylation is 1. The van der Waals surface area contributed by atoms with Crippen LogP contribution in [0.15, 0.2) is 28.7 Å². The smallest absolute Gasteiger partial charge is 0.134 e. The van der Waals surface area contributed by atoms with E-state index < -0.39 is 0 Å². The average Bonchev–Trinajstić information content (AvgIpc) is 2.74. The number of hydrogen-bond donors (Lipinski definition) is 0. The van der Waals surface area contributed by atoms with Gasteiger partial charge in [0.2, 0.25) is 0 Å². The van der Waals surface area contributed by atoms with Gasteiger partial charge in [0.05, 0.1) is 0 Å². The van der Waals surface area contributed by atoms with E-state index in [1.54, 1.807) is 0 Å². The SMILES string of the molecule is [CH2]C1CC1c1cccc2oc(C)cc12. The summed E-state index contributed by atoms with van der Waals surface area (Å²) in [5, 5.41) is 1.28. The minimum Gasteiger partial charge on any atom is -0.461 e. The van der Waals surface area contributed by atoms with Crippen LogP contribution < -0.4 is 0 Å². The van der Waals surface area contributed by atoms with Gasteiger partial charge in [0.1, 0.15) is 11.3 Å². The first-order valence-corrected chi connectivity index (χ1v) is 5.08. The largest absolute Gasteiger partial charge is 0.461 e. The Kier molecular flexibility index (Phi) is 1.52. The molecule has 2 atom stereocenters. The molecule has 0 spiro atoms. The molecule has 0 amide bonds. The molecular weight excluding hydrogens is 172 g/mol. The maximum atomic E-state index is 5.60. The molecular formula is C13H13O. The van der Waals surface area contributed by atoms with Crippen molar-refractivity contribution in [3.63, 3.8) is 0 Å². The second kappa shape index (κ2) is 2.63. The Morgan fingerprint density at radius 3 is 2.93 bits per heavy atom. The zero-order valence-electron chi connectivity index (χ0n) is 8.29. The molecule has 1 heterocycles. The van der Waals surface area contributed by atoms with Crippen LogP contribution in [0, 0.1) is 19.8 Å². The number of hydrogen-bond acceptors (Lipinski definition) is 1. The molecule has 14 heavy (non-hydrogen) atoms. The summed E-state index contributed by atoms with van der Waals surface area (Å²) in [7, 11) is 0. The van der Waals surface area contributed by atoms with E-state index in [0.29, 0.717) is 11.8 Å². The van der Waals surface area contributed by atoms with Gasteiger partial charge in [-0.15, -0.1) is 0 Å². The Morgan fingerprint density at radius 2 is 2.21 bits per heavy atom. The molecule has 1 aromatic carbocycles. The number of benzene rings is 1. The van der Waals surface area contributed by atoms with Crippen molar-refractivity contribution in [3.8, 4) is 0 Å². The molecule has 1 heteroatoms. The predicted molar refractivity (Wildman–Crippen MR) is 57.2 cm³/mol. The van der Waals surface area contributed by atoms with E-state index in [4.69, 9.17) is 4.42 Å². The number of furan rings is 1. The molecule has 3 rings (SSSR count). The molecule has 1 fully saturated rings. The number of fused-ring (bicyclic) bond motifs is 1. The van der Waals surface area contributed by atoms with Crippen LogP contribution in [0.4, 0.5) is 0 Å². The maximum absolute atomic E-state index is 5.60. The molecule has 1 nitrogen and oxygen atoms in total. The van der Waals surface area contributed by atoms with E-state index in [-0.39, 0.29) is 0 Å². The van der Waals surface area contributed by atoms with Gasteiger partial charge in [0, 0.05) is 5.39 Å². The molecule has 1 aliphatic rings. The first-order chi connectivity index (χ1) is 6.75. The van der Waals surface area contributed by atoms with E-state index in [1.165, 1.54) is 17.4 Å². The van der Waals surface area contributed by atoms with Gasteiger partial charge in [-0.3, -0.25) is 0 Å². The van der Waals surface area contributed by atoms with Crippen molar-refractivity contribution in [2.45, 2.75) is 19.3 Å². The Bertz CT molecular complexity index is 481. The lowest BCUT2D eigenvalue weighted by Gasteiger charge is -1.99. The van der Waals surface area contributed by atoms with Crippen LogP contribution >= 0.6 is 0 Å². The van der Waals surface area contributed by atoms with Crippen molar-refractivity contribution in [2.75, 3.05) is 0 Å². The van der Waals surface area contributed by atoms with Crippen molar-refractivity contribution < 1.29 is 4.42 Å². The Balaban J connectivity index is 2.22. The predicted octanol–water partition coefficient (Wildman–Crippen LogP) is 3.68. The minimum absolute atomic E-state index is 0.607. The summed E-state index contributed by atoms with van der Waals surface area (Å²) in [4.78, 5) is 0. The second-order valence-electron chi connectivity index (χ2n) is 4.22. The van der Waals surface area contributed by atoms with Gasteiger partial charge in [-0.2, -0.15) is 0 Å². The third-order valence-electron chi connectivity index (χ3n) is 3.04. The molecule has 2 unspecified atom stereocenters. The van der Waals surface area contributed by atoms with Gasteiger partial charge in [-0.05, 0) is 49.8 Å². The van der Waals surface area contributed by atoms with Gasteiger partial charge >= 0.3 is 0 Å². The highest BCUT2D eigenvalue weighted by Crippen LogP contribution is 2.48. The normalized spacial score (nSPS) is 25.6. The van der Waals surface area contributed by atoms with Crippen LogP contribution in [0.3, 0.4) is 0 Å². The van der Waals surface area contributed by atoms with Crippen molar-refractivity contribution in [1.29, 1.82) is 0 Å². The zero-order valence-corrected chi connectivity index (χ0v) is 8.29. The lowest BCUT2D eigenvalue weighted by atomic mass is 10.0. The molecule has 1 radical (unpaired) electrons. The topological polar surface area (TPSA) is 13.1 Å². The van der Waals surface area contributed by atoms with Gasteiger partial charge in [-0.25, -0.2) is 0 Å². The van der Waals surface area contributed by atoms with E-state index in [2.05, 4.69) is 25.1 Å². The Morgan fingerprint density at radius 1 is 1.43 bits per heavy atom. The lowest BCUT2D eigenvalue weighted by molar-refractivity contribution is 0.578. The summed E-state index contributed by atoms with van der Waals surface area (Å²) in [5.74, 6) is 2.26. The molecule has 0 aliphatic heterocycles. The summed E-state index contributed by atoms with van der Waals surface area (Å²) >= 11 is 0. The first kappa shape index (κ1) is 8.10. The maximum Gasteiger partial charge on any atom is 0.134 e. The standard InChI is InChI=1S/C13H13O/c1-8-6-11(8)10-4-3-5-13-12(10)7-9(2)14-13/h3-5,7-8,11H,1,6H2,2H3. The third-order valence-corrected chi connectivity index (χ3v) is 3.04. The van der Waals surface area contributed by atoms with Crippen LogP contribution in [-0.4, -0.2) is 0 Å². The summed E-state index contributed by atoms with van der Waals surface area (Å²) in [5.41, 5.74) is 2.43. The summed E-state index contributed by atoms with van der Waals surface area (Å²) in [6.45, 7) is 6.09. The van der Waals surface area contributed by atoms with E-state index in [0.717, 1.165) is 11.3 Å². The van der Waals surface area contributed by atoms with Crippen LogP contribution in [0.2, 0.25) is 0 Å². The molecule has 1 aromatic heterocycles. The van der Waals surface area contributed by atoms with Gasteiger partial charge < -0.3 is 4.42 Å². The summed E-state index contributed by atoms with van der Waals surface area (Å²) in [6, 6.07) is 8.45. The minimum atomic E-state index is 0.607. The fourth-order valence-corrected chi connectivity index (χ4v) is 2.16. The van der Waals surface area contributed by atoms with Crippen molar-refractivity contribution in [1.82, 2.24) is 0 Å². The van der Waals surface area contributed by atoms with Crippen LogP contribution in [0.5, 0.6) is 0 Å². The zero-order chi connectivity index (χ0) is 9.71. The van der Waals surface area contributed by atoms with Gasteiger partial charge in [0.25, 0.3) is 0 Å². The fourth-order valence-electron chi connectivity index (χ4n) is 2.16. The molecule has 71 valence electrons. The quantitative estimate of drug-likeness (QED) is 0.660. The molecule has 2 aromatic rings. The van der Waals surface area contributed by atoms with Crippen LogP contribution in [0.25, 0.3) is 11.0 Å². The van der Waals surface area contributed by atoms with Crippen molar-refractivity contribution >= 4 is 11.0 Å². The van der Waals surface area contributed by atoms with Crippen molar-refractivity contribution in [2.24, 2.45) is 5.92 Å². The molecule has 1 aliphatic carbocycles. The summed E-state index contributed by atoms with van der Waals surface area (Å²) in [6.07, 6.45) is 1.23. The van der Waals surface area contributed by atoms with Crippen LogP contribution in [-0.2, 0) is 0 Å². The van der Waals surface area contributed by atoms with E-state index >= 15 is 0 Å². The van der Waals surface area contributed by atoms with Gasteiger partial charge in [0.15, 0.2) is 0 Å². The summed E-state index contributed by atoms with van der Waals surface area (Å²) < 4.78 is 5.60. The van der Waals surface area contributed by atoms with Gasteiger partial charge in [-0.1, -0.05) is 12.1 Å². The Hall–Kier alpha value is -1.24. The first-order valence-electron chi connectivity index (χ1n) is 5.08. The molecule has 0 saturated heterocycles. The highest BCUT2D eigenvalue weighted by Gasteiger charge is 2.35. The second-order valence-corrected chi connectivity index (χ2v) is 4.22. The van der Waals surface area contributed by atoms with Crippen LogP contribution in [0.1, 0.15) is 23.7 Å². The average molecular weight is 185 g/mol. The molecule has 0 N–H and O–H groups in total. The lowest BCUT2D eigenvalue weighted by Crippen LogP contribution is -1.81. The molecule has 0 bridgehead atoms. The Labute approximate surface area is 83.7 Å². The third kappa shape index (κ3) is 1.08. The van der Waals surface area contributed by atoms with Crippen molar-refractivity contribution in [3.05, 3.63) is 42.5 Å². The van der Waals surface area contributed by atoms with E-state index in [9.17, 15) is 0 Å². The monoisotopic (exact) mass is 185 g/mol. The number of rotatable bonds is 1.